The molecule has 0 bridgehead atoms. The van der Waals surface area contributed by atoms with Crippen molar-refractivity contribution < 1.29 is 9.53 Å². The minimum absolute atomic E-state index is 0.124. The number of hydrogen-bond acceptors (Lipinski definition) is 5. The molecule has 5 nitrogen and oxygen atoms in total. The molecule has 0 aliphatic heterocycles. The van der Waals surface area contributed by atoms with Crippen LogP contribution in [0.2, 0.25) is 0 Å². The SMILES string of the molecule is COC1CC2C(CCC3(C)C(C(=O)CN(N)/C=C\N)CCC23)C2CCC(C)CC12. The fraction of sp³-hybridized carbons (Fsp3) is 0.875. The number of fused-ring (bicyclic) bond motifs is 5. The molecule has 9 atom stereocenters. The van der Waals surface area contributed by atoms with Crippen molar-refractivity contribution in [2.45, 2.75) is 71.3 Å². The lowest BCUT2D eigenvalue weighted by molar-refractivity contribution is -0.140. The fourth-order valence-electron chi connectivity index (χ4n) is 8.29. The monoisotopic (exact) mass is 403 g/mol. The number of nitrogens with two attached hydrogens (primary N) is 2. The minimum Gasteiger partial charge on any atom is -0.403 e. The second-order valence-electron chi connectivity index (χ2n) is 10.8. The highest BCUT2D eigenvalue weighted by atomic mass is 16.5. The minimum atomic E-state index is 0.124. The van der Waals surface area contributed by atoms with Crippen molar-refractivity contribution in [2.24, 2.45) is 58.4 Å². The maximum atomic E-state index is 13.1. The molecule has 0 heterocycles. The van der Waals surface area contributed by atoms with Crippen LogP contribution in [0.25, 0.3) is 0 Å². The van der Waals surface area contributed by atoms with E-state index >= 15 is 0 Å². The molecule has 4 N–H and O–H groups in total. The van der Waals surface area contributed by atoms with Crippen LogP contribution in [0.1, 0.15) is 65.2 Å². The molecule has 0 amide bonds. The van der Waals surface area contributed by atoms with Crippen LogP contribution < -0.4 is 11.6 Å². The first-order chi connectivity index (χ1) is 13.9. The lowest BCUT2D eigenvalue weighted by atomic mass is 9.48. The Bertz CT molecular complexity index is 638. The first-order valence-corrected chi connectivity index (χ1v) is 11.8. The van der Waals surface area contributed by atoms with Crippen molar-refractivity contribution in [3.63, 3.8) is 0 Å². The molecule has 0 spiro atoms. The Kier molecular flexibility index (Phi) is 6.00. The first-order valence-electron chi connectivity index (χ1n) is 11.8. The van der Waals surface area contributed by atoms with Gasteiger partial charge in [0.05, 0.1) is 12.6 Å². The molecule has 0 radical (unpaired) electrons. The summed E-state index contributed by atoms with van der Waals surface area (Å²) < 4.78 is 6.08. The van der Waals surface area contributed by atoms with E-state index < -0.39 is 0 Å². The predicted molar refractivity (Wildman–Crippen MR) is 115 cm³/mol. The summed E-state index contributed by atoms with van der Waals surface area (Å²) in [5.74, 6) is 11.0. The Labute approximate surface area is 176 Å². The summed E-state index contributed by atoms with van der Waals surface area (Å²) in [6, 6.07) is 0. The number of hydrogen-bond donors (Lipinski definition) is 2. The normalized spacial score (nSPS) is 46.8. The Morgan fingerprint density at radius 3 is 2.59 bits per heavy atom. The second-order valence-corrected chi connectivity index (χ2v) is 10.8. The molecule has 4 aliphatic rings. The van der Waals surface area contributed by atoms with Crippen LogP contribution in [0, 0.1) is 46.8 Å². The van der Waals surface area contributed by atoms with Gasteiger partial charge in [-0.2, -0.15) is 0 Å². The molecule has 0 aromatic carbocycles. The smallest absolute Gasteiger partial charge is 0.157 e. The molecule has 9 unspecified atom stereocenters. The molecular formula is C24H41N3O2. The van der Waals surface area contributed by atoms with E-state index in [1.807, 2.05) is 7.11 Å². The van der Waals surface area contributed by atoms with Crippen LogP contribution in [0.5, 0.6) is 0 Å². The van der Waals surface area contributed by atoms with Gasteiger partial charge in [-0.05, 0) is 85.9 Å². The van der Waals surface area contributed by atoms with Gasteiger partial charge in [0.15, 0.2) is 5.78 Å². The van der Waals surface area contributed by atoms with Crippen LogP contribution in [0.3, 0.4) is 0 Å². The van der Waals surface area contributed by atoms with Gasteiger partial charge in [-0.1, -0.05) is 20.3 Å². The number of ketones is 1. The molecule has 164 valence electrons. The number of rotatable bonds is 5. The van der Waals surface area contributed by atoms with Gasteiger partial charge in [0.25, 0.3) is 0 Å². The zero-order chi connectivity index (χ0) is 20.8. The van der Waals surface area contributed by atoms with Crippen molar-refractivity contribution >= 4 is 5.78 Å². The third kappa shape index (κ3) is 3.63. The number of carbonyl (C=O) groups excluding carboxylic acids is 1. The summed E-state index contributed by atoms with van der Waals surface area (Å²) >= 11 is 0. The van der Waals surface area contributed by atoms with E-state index in [2.05, 4.69) is 13.8 Å². The van der Waals surface area contributed by atoms with Gasteiger partial charge in [0.1, 0.15) is 0 Å². The highest BCUT2D eigenvalue weighted by molar-refractivity contribution is 5.84. The molecule has 0 aromatic heterocycles. The van der Waals surface area contributed by atoms with Gasteiger partial charge in [-0.3, -0.25) is 4.79 Å². The number of hydrazine groups is 1. The lowest BCUT2D eigenvalue weighted by Crippen LogP contribution is -2.53. The number of ether oxygens (including phenoxy) is 1. The van der Waals surface area contributed by atoms with Gasteiger partial charge in [0.2, 0.25) is 0 Å². The Morgan fingerprint density at radius 1 is 1.10 bits per heavy atom. The quantitative estimate of drug-likeness (QED) is 0.540. The molecule has 0 saturated heterocycles. The molecular weight excluding hydrogens is 362 g/mol. The third-order valence-electron chi connectivity index (χ3n) is 9.55. The maximum absolute atomic E-state index is 13.1. The molecule has 0 aromatic rings. The van der Waals surface area contributed by atoms with Crippen LogP contribution in [0.4, 0.5) is 0 Å². The topological polar surface area (TPSA) is 81.6 Å². The predicted octanol–water partition coefficient (Wildman–Crippen LogP) is 3.69. The average Bonchev–Trinajstić information content (AvgIpc) is 3.04. The summed E-state index contributed by atoms with van der Waals surface area (Å²) in [5, 5.41) is 1.43. The third-order valence-corrected chi connectivity index (χ3v) is 9.55. The standard InChI is InChI=1S/C24H41N3O2/c1-15-4-5-16-17-8-9-24(2)20(18(17)13-23(29-3)19(16)12-15)6-7-21(24)22(28)14-27(26)11-10-25/h10-11,15-21,23H,4-9,12-14,25-26H2,1-3H3/b11-10-. The van der Waals surface area contributed by atoms with Crippen LogP contribution >= 0.6 is 0 Å². The zero-order valence-corrected chi connectivity index (χ0v) is 18.6. The summed E-state index contributed by atoms with van der Waals surface area (Å²) in [6.07, 6.45) is 13.4. The lowest BCUT2D eigenvalue weighted by Gasteiger charge is -2.58. The van der Waals surface area contributed by atoms with E-state index in [4.69, 9.17) is 16.3 Å². The van der Waals surface area contributed by atoms with E-state index in [-0.39, 0.29) is 23.7 Å². The molecule has 4 saturated carbocycles. The van der Waals surface area contributed by atoms with E-state index in [0.717, 1.165) is 36.0 Å². The van der Waals surface area contributed by atoms with Crippen molar-refractivity contribution in [3.8, 4) is 0 Å². The van der Waals surface area contributed by atoms with Crippen LogP contribution in [-0.2, 0) is 9.53 Å². The van der Waals surface area contributed by atoms with E-state index in [0.29, 0.717) is 12.0 Å². The summed E-state index contributed by atoms with van der Waals surface area (Å²) in [4.78, 5) is 13.1. The molecule has 5 heteroatoms. The number of methoxy groups -OCH3 is 1. The summed E-state index contributed by atoms with van der Waals surface area (Å²) in [7, 11) is 1.92. The first kappa shape index (κ1) is 21.2. The number of carbonyl (C=O) groups is 1. The van der Waals surface area contributed by atoms with Crippen molar-refractivity contribution in [2.75, 3.05) is 13.7 Å². The van der Waals surface area contributed by atoms with Crippen LogP contribution in [-0.4, -0.2) is 30.6 Å². The summed E-state index contributed by atoms with van der Waals surface area (Å²) in [6.45, 7) is 5.08. The fourth-order valence-corrected chi connectivity index (χ4v) is 8.29. The Hall–Kier alpha value is -1.07. The second kappa shape index (κ2) is 8.22. The van der Waals surface area contributed by atoms with Gasteiger partial charge in [-0.25, -0.2) is 5.84 Å². The molecule has 29 heavy (non-hydrogen) atoms. The van der Waals surface area contributed by atoms with Crippen LogP contribution in [0.15, 0.2) is 12.4 Å². The molecule has 4 rings (SSSR count). The van der Waals surface area contributed by atoms with Gasteiger partial charge < -0.3 is 15.5 Å². The van der Waals surface area contributed by atoms with Gasteiger partial charge in [-0.15, -0.1) is 0 Å². The Balaban J connectivity index is 1.52. The molecule has 4 fully saturated rings. The number of nitrogens with zero attached hydrogens (tertiary/aromatic N) is 1. The average molecular weight is 404 g/mol. The van der Waals surface area contributed by atoms with Crippen molar-refractivity contribution in [3.05, 3.63) is 12.4 Å². The maximum Gasteiger partial charge on any atom is 0.157 e. The largest absolute Gasteiger partial charge is 0.403 e. The van der Waals surface area contributed by atoms with E-state index in [1.54, 1.807) is 6.20 Å². The number of Topliss-reactive ketones (excluding diaryl/α,β-unsaturated/α-hetero) is 1. The zero-order valence-electron chi connectivity index (χ0n) is 18.6. The van der Waals surface area contributed by atoms with E-state index in [1.165, 1.54) is 56.2 Å². The highest BCUT2D eigenvalue weighted by Gasteiger charge is 2.59. The van der Waals surface area contributed by atoms with E-state index in [9.17, 15) is 4.79 Å². The van der Waals surface area contributed by atoms with Crippen molar-refractivity contribution in [1.29, 1.82) is 0 Å². The van der Waals surface area contributed by atoms with Gasteiger partial charge in [0, 0.05) is 25.4 Å². The Morgan fingerprint density at radius 2 is 1.86 bits per heavy atom. The summed E-state index contributed by atoms with van der Waals surface area (Å²) in [5.41, 5.74) is 5.55. The van der Waals surface area contributed by atoms with Gasteiger partial charge >= 0.3 is 0 Å². The molecule has 4 aliphatic carbocycles. The van der Waals surface area contributed by atoms with Crippen molar-refractivity contribution in [1.82, 2.24) is 5.01 Å². The highest BCUT2D eigenvalue weighted by Crippen LogP contribution is 2.64.